The summed E-state index contributed by atoms with van der Waals surface area (Å²) >= 11 is 0. The van der Waals surface area contributed by atoms with Gasteiger partial charge in [-0.15, -0.1) is 0 Å². The molecule has 0 bridgehead atoms. The highest BCUT2D eigenvalue weighted by Gasteiger charge is 2.29. The van der Waals surface area contributed by atoms with E-state index in [1.807, 2.05) is 0 Å². The Kier molecular flexibility index (Phi) is 4.11. The first-order valence-corrected chi connectivity index (χ1v) is 6.65. The normalized spacial score (nSPS) is 21.4. The second kappa shape index (κ2) is 5.61. The number of likely N-dealkylation sites (tertiary alicyclic amines) is 1. The highest BCUT2D eigenvalue weighted by Crippen LogP contribution is 2.30. The molecular weight excluding hydrogens is 230 g/mol. The van der Waals surface area contributed by atoms with Crippen molar-refractivity contribution in [2.75, 3.05) is 6.54 Å². The van der Waals surface area contributed by atoms with E-state index in [1.165, 1.54) is 19.8 Å². The molecule has 0 amide bonds. The van der Waals surface area contributed by atoms with Crippen molar-refractivity contribution < 1.29 is 9.32 Å². The lowest BCUT2D eigenvalue weighted by molar-refractivity contribution is -0.116. The van der Waals surface area contributed by atoms with Gasteiger partial charge in [0.25, 0.3) is 0 Å². The Hall–Kier alpha value is -1.23. The van der Waals surface area contributed by atoms with Crippen molar-refractivity contribution >= 4 is 5.78 Å². The summed E-state index contributed by atoms with van der Waals surface area (Å²) in [5.74, 6) is 1.22. The van der Waals surface area contributed by atoms with E-state index in [0.29, 0.717) is 11.9 Å². The third kappa shape index (κ3) is 2.96. The summed E-state index contributed by atoms with van der Waals surface area (Å²) in [5.41, 5.74) is 0. The van der Waals surface area contributed by atoms with Crippen LogP contribution < -0.4 is 0 Å². The SMILES string of the molecule is CC(=O)Cc1nc(C2CCCCN2C(C)C)no1. The van der Waals surface area contributed by atoms with Crippen LogP contribution in [-0.4, -0.2) is 33.4 Å². The van der Waals surface area contributed by atoms with Gasteiger partial charge in [0.1, 0.15) is 5.78 Å². The van der Waals surface area contributed by atoms with Crippen LogP contribution >= 0.6 is 0 Å². The summed E-state index contributed by atoms with van der Waals surface area (Å²) < 4.78 is 5.15. The second-order valence-corrected chi connectivity index (χ2v) is 5.27. The van der Waals surface area contributed by atoms with Gasteiger partial charge in [0, 0.05) is 6.04 Å². The van der Waals surface area contributed by atoms with E-state index in [0.717, 1.165) is 18.8 Å². The Balaban J connectivity index is 2.13. The predicted octanol–water partition coefficient (Wildman–Crippen LogP) is 2.14. The van der Waals surface area contributed by atoms with Crippen molar-refractivity contribution in [3.63, 3.8) is 0 Å². The third-order valence-electron chi connectivity index (χ3n) is 3.39. The highest BCUT2D eigenvalue weighted by molar-refractivity contribution is 5.77. The standard InChI is InChI=1S/C13H21N3O2/c1-9(2)16-7-5-4-6-11(16)13-14-12(18-15-13)8-10(3)17/h9,11H,4-8H2,1-3H3. The smallest absolute Gasteiger partial charge is 0.234 e. The van der Waals surface area contributed by atoms with Crippen LogP contribution in [0.15, 0.2) is 4.52 Å². The highest BCUT2D eigenvalue weighted by atomic mass is 16.5. The van der Waals surface area contributed by atoms with Gasteiger partial charge >= 0.3 is 0 Å². The Morgan fingerprint density at radius 3 is 2.94 bits per heavy atom. The minimum Gasteiger partial charge on any atom is -0.339 e. The van der Waals surface area contributed by atoms with Crippen molar-refractivity contribution in [1.29, 1.82) is 0 Å². The third-order valence-corrected chi connectivity index (χ3v) is 3.39. The number of Topliss-reactive ketones (excluding diaryl/α,β-unsaturated/α-hetero) is 1. The maximum atomic E-state index is 11.0. The summed E-state index contributed by atoms with van der Waals surface area (Å²) in [5, 5.41) is 4.05. The van der Waals surface area contributed by atoms with E-state index in [2.05, 4.69) is 28.9 Å². The van der Waals surface area contributed by atoms with E-state index in [1.54, 1.807) is 0 Å². The average Bonchev–Trinajstić information content (AvgIpc) is 2.76. The van der Waals surface area contributed by atoms with Gasteiger partial charge in [0.2, 0.25) is 5.89 Å². The van der Waals surface area contributed by atoms with Crippen molar-refractivity contribution in [2.24, 2.45) is 0 Å². The lowest BCUT2D eigenvalue weighted by atomic mass is 10.00. The van der Waals surface area contributed by atoms with E-state index < -0.39 is 0 Å². The molecule has 5 nitrogen and oxygen atoms in total. The fraction of sp³-hybridized carbons (Fsp3) is 0.769. The van der Waals surface area contributed by atoms with E-state index in [-0.39, 0.29) is 18.2 Å². The van der Waals surface area contributed by atoms with Crippen LogP contribution in [0.4, 0.5) is 0 Å². The van der Waals surface area contributed by atoms with Gasteiger partial charge in [-0.1, -0.05) is 11.6 Å². The molecular formula is C13H21N3O2. The summed E-state index contributed by atoms with van der Waals surface area (Å²) in [6.07, 6.45) is 3.73. The molecule has 1 atom stereocenters. The van der Waals surface area contributed by atoms with Crippen LogP contribution in [0.1, 0.15) is 57.8 Å². The predicted molar refractivity (Wildman–Crippen MR) is 67.1 cm³/mol. The maximum absolute atomic E-state index is 11.0. The maximum Gasteiger partial charge on any atom is 0.234 e. The zero-order chi connectivity index (χ0) is 13.1. The molecule has 1 aliphatic rings. The summed E-state index contributed by atoms with van der Waals surface area (Å²) in [6, 6.07) is 0.716. The summed E-state index contributed by atoms with van der Waals surface area (Å²) in [7, 11) is 0. The Labute approximate surface area is 108 Å². The minimum atomic E-state index is 0.0505. The first kappa shape index (κ1) is 13.2. The lowest BCUT2D eigenvalue weighted by Crippen LogP contribution is -2.39. The molecule has 1 fully saturated rings. The number of nitrogens with zero attached hydrogens (tertiary/aromatic N) is 3. The van der Waals surface area contributed by atoms with Crippen molar-refractivity contribution in [1.82, 2.24) is 15.0 Å². The van der Waals surface area contributed by atoms with Gasteiger partial charge in [0.05, 0.1) is 12.5 Å². The average molecular weight is 251 g/mol. The largest absolute Gasteiger partial charge is 0.339 e. The molecule has 18 heavy (non-hydrogen) atoms. The molecule has 1 saturated heterocycles. The molecule has 1 aliphatic heterocycles. The fourth-order valence-corrected chi connectivity index (χ4v) is 2.54. The molecule has 2 heterocycles. The Morgan fingerprint density at radius 2 is 2.28 bits per heavy atom. The Bertz CT molecular complexity index is 414. The minimum absolute atomic E-state index is 0.0505. The molecule has 5 heteroatoms. The fourth-order valence-electron chi connectivity index (χ4n) is 2.54. The monoisotopic (exact) mass is 251 g/mol. The van der Waals surface area contributed by atoms with Gasteiger partial charge < -0.3 is 4.52 Å². The van der Waals surface area contributed by atoms with Crippen molar-refractivity contribution in [3.05, 3.63) is 11.7 Å². The first-order valence-electron chi connectivity index (χ1n) is 6.65. The zero-order valence-corrected chi connectivity index (χ0v) is 11.3. The zero-order valence-electron chi connectivity index (χ0n) is 11.3. The van der Waals surface area contributed by atoms with Crippen LogP contribution in [0, 0.1) is 0 Å². The molecule has 0 aromatic carbocycles. The molecule has 0 aliphatic carbocycles. The molecule has 0 N–H and O–H groups in total. The summed E-state index contributed by atoms with van der Waals surface area (Å²) in [6.45, 7) is 6.99. The number of rotatable bonds is 4. The quantitative estimate of drug-likeness (QED) is 0.820. The number of piperidine rings is 1. The van der Waals surface area contributed by atoms with Gasteiger partial charge in [0.15, 0.2) is 5.82 Å². The number of ketones is 1. The van der Waals surface area contributed by atoms with Crippen LogP contribution in [-0.2, 0) is 11.2 Å². The number of carbonyl (C=O) groups excluding carboxylic acids is 1. The van der Waals surface area contributed by atoms with E-state index >= 15 is 0 Å². The first-order chi connectivity index (χ1) is 8.58. The number of hydrogen-bond donors (Lipinski definition) is 0. The molecule has 1 aromatic heterocycles. The van der Waals surface area contributed by atoms with E-state index in [9.17, 15) is 4.79 Å². The Morgan fingerprint density at radius 1 is 1.50 bits per heavy atom. The van der Waals surface area contributed by atoms with Crippen LogP contribution in [0.3, 0.4) is 0 Å². The van der Waals surface area contributed by atoms with E-state index in [4.69, 9.17) is 4.52 Å². The molecule has 0 saturated carbocycles. The molecule has 2 rings (SSSR count). The molecule has 1 aromatic rings. The van der Waals surface area contributed by atoms with Gasteiger partial charge in [-0.3, -0.25) is 9.69 Å². The second-order valence-electron chi connectivity index (χ2n) is 5.27. The number of hydrogen-bond acceptors (Lipinski definition) is 5. The van der Waals surface area contributed by atoms with Crippen LogP contribution in [0.25, 0.3) is 0 Å². The molecule has 100 valence electrons. The molecule has 0 spiro atoms. The number of aromatic nitrogens is 2. The molecule has 0 radical (unpaired) electrons. The van der Waals surface area contributed by atoms with Crippen molar-refractivity contribution in [3.8, 4) is 0 Å². The van der Waals surface area contributed by atoms with Crippen molar-refractivity contribution in [2.45, 2.75) is 58.5 Å². The summed E-state index contributed by atoms with van der Waals surface area (Å²) in [4.78, 5) is 17.8. The lowest BCUT2D eigenvalue weighted by Gasteiger charge is -2.36. The van der Waals surface area contributed by atoms with Crippen LogP contribution in [0.5, 0.6) is 0 Å². The van der Waals surface area contributed by atoms with Crippen LogP contribution in [0.2, 0.25) is 0 Å². The van der Waals surface area contributed by atoms with Gasteiger partial charge in [-0.05, 0) is 40.2 Å². The molecule has 1 unspecified atom stereocenters. The van der Waals surface area contributed by atoms with Gasteiger partial charge in [-0.2, -0.15) is 4.98 Å². The topological polar surface area (TPSA) is 59.2 Å². The number of carbonyl (C=O) groups is 1. The van der Waals surface area contributed by atoms with Gasteiger partial charge in [-0.25, -0.2) is 0 Å².